The second-order valence-electron chi connectivity index (χ2n) is 5.03. The van der Waals surface area contributed by atoms with Crippen LogP contribution in [0.3, 0.4) is 0 Å². The monoisotopic (exact) mass is 255 g/mol. The lowest BCUT2D eigenvalue weighted by Crippen LogP contribution is -2.00. The van der Waals surface area contributed by atoms with Gasteiger partial charge in [0, 0.05) is 12.2 Å². The van der Waals surface area contributed by atoms with Crippen LogP contribution in [0, 0.1) is 20.8 Å². The summed E-state index contributed by atoms with van der Waals surface area (Å²) in [6.45, 7) is 7.14. The van der Waals surface area contributed by atoms with Crippen molar-refractivity contribution in [1.29, 1.82) is 0 Å². The Balaban J connectivity index is 2.08. The minimum absolute atomic E-state index is 0.827. The molecule has 0 aromatic heterocycles. The second-order valence-corrected chi connectivity index (χ2v) is 5.03. The number of hydrogen-bond acceptors (Lipinski definition) is 2. The molecule has 100 valence electrons. The number of methoxy groups -OCH3 is 1. The van der Waals surface area contributed by atoms with E-state index in [0.717, 1.165) is 12.3 Å². The Labute approximate surface area is 115 Å². The van der Waals surface area contributed by atoms with Gasteiger partial charge in [0.05, 0.1) is 7.11 Å². The lowest BCUT2D eigenvalue weighted by molar-refractivity contribution is 0.411. The van der Waals surface area contributed by atoms with Crippen molar-refractivity contribution < 1.29 is 4.74 Å². The summed E-state index contributed by atoms with van der Waals surface area (Å²) in [4.78, 5) is 0. The lowest BCUT2D eigenvalue weighted by atomic mass is 10.1. The molecule has 0 atom stereocenters. The molecular formula is C17H21NO. The zero-order valence-corrected chi connectivity index (χ0v) is 12.1. The minimum Gasteiger partial charge on any atom is -0.496 e. The molecule has 19 heavy (non-hydrogen) atoms. The summed E-state index contributed by atoms with van der Waals surface area (Å²) in [5, 5.41) is 3.47. The van der Waals surface area contributed by atoms with Crippen molar-refractivity contribution in [3.05, 3.63) is 58.7 Å². The van der Waals surface area contributed by atoms with E-state index in [4.69, 9.17) is 4.74 Å². The number of anilines is 1. The molecule has 2 aromatic rings. The van der Waals surface area contributed by atoms with Gasteiger partial charge in [-0.3, -0.25) is 0 Å². The van der Waals surface area contributed by atoms with Crippen LogP contribution in [0.25, 0.3) is 0 Å². The molecule has 0 radical (unpaired) electrons. The Morgan fingerprint density at radius 3 is 2.21 bits per heavy atom. The van der Waals surface area contributed by atoms with Crippen molar-refractivity contribution in [3.8, 4) is 5.75 Å². The predicted octanol–water partition coefficient (Wildman–Crippen LogP) is 4.23. The fourth-order valence-corrected chi connectivity index (χ4v) is 2.33. The minimum atomic E-state index is 0.827. The zero-order chi connectivity index (χ0) is 13.8. The third-order valence-corrected chi connectivity index (χ3v) is 3.18. The first kappa shape index (κ1) is 13.5. The Hall–Kier alpha value is -1.96. The molecule has 0 saturated carbocycles. The van der Waals surface area contributed by atoms with E-state index < -0.39 is 0 Å². The fraction of sp³-hybridized carbons (Fsp3) is 0.294. The summed E-state index contributed by atoms with van der Waals surface area (Å²) in [6, 6.07) is 12.8. The van der Waals surface area contributed by atoms with Crippen molar-refractivity contribution in [1.82, 2.24) is 0 Å². The lowest BCUT2D eigenvalue weighted by Gasteiger charge is -2.11. The molecule has 0 unspecified atom stereocenters. The first-order valence-corrected chi connectivity index (χ1v) is 6.54. The topological polar surface area (TPSA) is 21.3 Å². The first-order valence-electron chi connectivity index (χ1n) is 6.54. The SMILES string of the molecule is COc1ccc(CNc2cc(C)cc(C)c2)cc1C. The molecule has 0 aliphatic heterocycles. The van der Waals surface area contributed by atoms with Crippen molar-refractivity contribution in [3.63, 3.8) is 0 Å². The van der Waals surface area contributed by atoms with E-state index in [9.17, 15) is 0 Å². The number of benzene rings is 2. The van der Waals surface area contributed by atoms with Crippen LogP contribution in [0.5, 0.6) is 5.75 Å². The number of hydrogen-bond donors (Lipinski definition) is 1. The van der Waals surface area contributed by atoms with Gasteiger partial charge in [-0.15, -0.1) is 0 Å². The molecule has 0 aliphatic carbocycles. The van der Waals surface area contributed by atoms with Crippen molar-refractivity contribution in [2.75, 3.05) is 12.4 Å². The van der Waals surface area contributed by atoms with E-state index in [-0.39, 0.29) is 0 Å². The molecule has 2 rings (SSSR count). The van der Waals surface area contributed by atoms with Gasteiger partial charge in [0.2, 0.25) is 0 Å². The molecule has 0 bridgehead atoms. The molecule has 0 saturated heterocycles. The highest BCUT2D eigenvalue weighted by molar-refractivity contribution is 5.49. The maximum Gasteiger partial charge on any atom is 0.121 e. The second kappa shape index (κ2) is 5.79. The highest BCUT2D eigenvalue weighted by Crippen LogP contribution is 2.20. The van der Waals surface area contributed by atoms with Crippen LogP contribution in [-0.2, 0) is 6.54 Å². The Kier molecular flexibility index (Phi) is 4.10. The standard InChI is InChI=1S/C17H21NO/c1-12-7-13(2)9-16(8-12)18-11-15-5-6-17(19-4)14(3)10-15/h5-10,18H,11H2,1-4H3. The van der Waals surface area contributed by atoms with Gasteiger partial charge in [-0.05, 0) is 61.2 Å². The maximum absolute atomic E-state index is 5.27. The Morgan fingerprint density at radius 1 is 0.947 bits per heavy atom. The summed E-state index contributed by atoms with van der Waals surface area (Å²) in [5.74, 6) is 0.940. The highest BCUT2D eigenvalue weighted by atomic mass is 16.5. The molecular weight excluding hydrogens is 234 g/mol. The van der Waals surface area contributed by atoms with Crippen molar-refractivity contribution in [2.24, 2.45) is 0 Å². The Morgan fingerprint density at radius 2 is 1.63 bits per heavy atom. The van der Waals surface area contributed by atoms with E-state index in [1.165, 1.54) is 27.9 Å². The van der Waals surface area contributed by atoms with Crippen LogP contribution < -0.4 is 10.1 Å². The van der Waals surface area contributed by atoms with Gasteiger partial charge in [-0.25, -0.2) is 0 Å². The van der Waals surface area contributed by atoms with E-state index in [1.807, 2.05) is 6.07 Å². The number of aryl methyl sites for hydroxylation is 3. The van der Waals surface area contributed by atoms with E-state index in [0.29, 0.717) is 0 Å². The number of nitrogens with one attached hydrogen (secondary N) is 1. The van der Waals surface area contributed by atoms with Gasteiger partial charge >= 0.3 is 0 Å². The summed E-state index contributed by atoms with van der Waals surface area (Å²) < 4.78 is 5.27. The third kappa shape index (κ3) is 3.50. The largest absolute Gasteiger partial charge is 0.496 e. The van der Waals surface area contributed by atoms with Crippen molar-refractivity contribution >= 4 is 5.69 Å². The molecule has 1 N–H and O–H groups in total. The molecule has 0 amide bonds. The smallest absolute Gasteiger partial charge is 0.121 e. The summed E-state index contributed by atoms with van der Waals surface area (Å²) in [7, 11) is 1.70. The van der Waals surface area contributed by atoms with Crippen molar-refractivity contribution in [2.45, 2.75) is 27.3 Å². The van der Waals surface area contributed by atoms with Gasteiger partial charge in [0.1, 0.15) is 5.75 Å². The quantitative estimate of drug-likeness (QED) is 0.882. The summed E-state index contributed by atoms with van der Waals surface area (Å²) in [5.41, 5.74) is 6.17. The average Bonchev–Trinajstić information content (AvgIpc) is 2.35. The fourth-order valence-electron chi connectivity index (χ4n) is 2.33. The molecule has 2 aromatic carbocycles. The molecule has 2 nitrogen and oxygen atoms in total. The third-order valence-electron chi connectivity index (χ3n) is 3.18. The predicted molar refractivity (Wildman–Crippen MR) is 81.0 cm³/mol. The van der Waals surface area contributed by atoms with Crippen LogP contribution in [0.4, 0.5) is 5.69 Å². The maximum atomic E-state index is 5.27. The van der Waals surface area contributed by atoms with E-state index in [1.54, 1.807) is 7.11 Å². The Bertz CT molecular complexity index is 555. The normalized spacial score (nSPS) is 10.3. The number of ether oxygens (including phenoxy) is 1. The van der Waals surface area contributed by atoms with E-state index >= 15 is 0 Å². The summed E-state index contributed by atoms with van der Waals surface area (Å²) in [6.07, 6.45) is 0. The van der Waals surface area contributed by atoms with Gasteiger partial charge in [-0.2, -0.15) is 0 Å². The molecule has 0 aliphatic rings. The van der Waals surface area contributed by atoms with Crippen LogP contribution >= 0.6 is 0 Å². The van der Waals surface area contributed by atoms with Gasteiger partial charge in [0.25, 0.3) is 0 Å². The summed E-state index contributed by atoms with van der Waals surface area (Å²) >= 11 is 0. The zero-order valence-electron chi connectivity index (χ0n) is 12.1. The van der Waals surface area contributed by atoms with Crippen LogP contribution in [0.15, 0.2) is 36.4 Å². The molecule has 2 heteroatoms. The van der Waals surface area contributed by atoms with E-state index in [2.05, 4.69) is 56.4 Å². The van der Waals surface area contributed by atoms with Gasteiger partial charge < -0.3 is 10.1 Å². The van der Waals surface area contributed by atoms with Crippen LogP contribution in [0.1, 0.15) is 22.3 Å². The number of rotatable bonds is 4. The van der Waals surface area contributed by atoms with Gasteiger partial charge in [-0.1, -0.05) is 18.2 Å². The first-order chi connectivity index (χ1) is 9.08. The highest BCUT2D eigenvalue weighted by Gasteiger charge is 2.01. The average molecular weight is 255 g/mol. The molecule has 0 fully saturated rings. The molecule has 0 spiro atoms. The van der Waals surface area contributed by atoms with Crippen LogP contribution in [0.2, 0.25) is 0 Å². The van der Waals surface area contributed by atoms with Crippen LogP contribution in [-0.4, -0.2) is 7.11 Å². The van der Waals surface area contributed by atoms with Gasteiger partial charge in [0.15, 0.2) is 0 Å². The molecule has 0 heterocycles.